The maximum absolute atomic E-state index is 11.5. The molecule has 0 aliphatic carbocycles. The molecule has 0 saturated heterocycles. The molecular weight excluding hydrogens is 402 g/mol. The summed E-state index contributed by atoms with van der Waals surface area (Å²) in [6.45, 7) is 11.9. The maximum atomic E-state index is 11.5. The van der Waals surface area contributed by atoms with Gasteiger partial charge in [-0.2, -0.15) is 0 Å². The van der Waals surface area contributed by atoms with Crippen molar-refractivity contribution in [1.29, 1.82) is 0 Å². The number of nitrogens with one attached hydrogen (secondary N) is 3. The zero-order valence-corrected chi connectivity index (χ0v) is 19.9. The summed E-state index contributed by atoms with van der Waals surface area (Å²) in [5, 5.41) is 9.65. The van der Waals surface area contributed by atoms with Crippen molar-refractivity contribution in [2.45, 2.75) is 40.3 Å². The molecule has 0 saturated carbocycles. The minimum Gasteiger partial charge on any atom is -0.495 e. The minimum absolute atomic E-state index is 0.137. The van der Waals surface area contributed by atoms with E-state index in [0.29, 0.717) is 18.0 Å². The summed E-state index contributed by atoms with van der Waals surface area (Å²) in [5.41, 5.74) is 2.92. The molecule has 1 atom stereocenters. The molecule has 1 unspecified atom stereocenters. The normalized spacial score (nSPS) is 12.4. The zero-order chi connectivity index (χ0) is 23.3. The van der Waals surface area contributed by atoms with Crippen molar-refractivity contribution in [3.8, 4) is 5.75 Å². The molecule has 0 aromatic heterocycles. The SMILES string of the molecule is CCNC(=NCc1ccc(OC)c(NC(C)=O)c1)NCC(c1ccccc1)N(CC)CC. The molecule has 3 N–H and O–H groups in total. The molecule has 0 aliphatic heterocycles. The van der Waals surface area contributed by atoms with E-state index < -0.39 is 0 Å². The first-order valence-electron chi connectivity index (χ1n) is 11.3. The van der Waals surface area contributed by atoms with Gasteiger partial charge in [0.2, 0.25) is 5.91 Å². The van der Waals surface area contributed by atoms with Gasteiger partial charge in [-0.25, -0.2) is 4.99 Å². The van der Waals surface area contributed by atoms with Crippen LogP contribution in [0.5, 0.6) is 5.75 Å². The second kappa shape index (κ2) is 13.4. The molecular formula is C25H37N5O2. The van der Waals surface area contributed by atoms with Gasteiger partial charge in [-0.3, -0.25) is 9.69 Å². The second-order valence-electron chi connectivity index (χ2n) is 7.44. The number of amides is 1. The molecule has 0 radical (unpaired) electrons. The van der Waals surface area contributed by atoms with Gasteiger partial charge >= 0.3 is 0 Å². The number of rotatable bonds is 11. The fourth-order valence-electron chi connectivity index (χ4n) is 3.64. The molecule has 0 aliphatic rings. The monoisotopic (exact) mass is 439 g/mol. The van der Waals surface area contributed by atoms with Crippen LogP contribution < -0.4 is 20.7 Å². The Morgan fingerprint density at radius 2 is 1.78 bits per heavy atom. The number of hydrogen-bond donors (Lipinski definition) is 3. The van der Waals surface area contributed by atoms with Gasteiger partial charge < -0.3 is 20.7 Å². The van der Waals surface area contributed by atoms with Gasteiger partial charge in [0.1, 0.15) is 5.75 Å². The lowest BCUT2D eigenvalue weighted by Gasteiger charge is -2.30. The van der Waals surface area contributed by atoms with E-state index in [4.69, 9.17) is 9.73 Å². The van der Waals surface area contributed by atoms with Crippen molar-refractivity contribution in [3.63, 3.8) is 0 Å². The summed E-state index contributed by atoms with van der Waals surface area (Å²) in [5.74, 6) is 1.25. The van der Waals surface area contributed by atoms with Crippen LogP contribution in [0.15, 0.2) is 53.5 Å². The Hall–Kier alpha value is -3.06. The predicted molar refractivity (Wildman–Crippen MR) is 132 cm³/mol. The summed E-state index contributed by atoms with van der Waals surface area (Å²) in [6, 6.07) is 16.5. The van der Waals surface area contributed by atoms with E-state index in [-0.39, 0.29) is 11.9 Å². The van der Waals surface area contributed by atoms with Crippen LogP contribution in [0.2, 0.25) is 0 Å². The van der Waals surface area contributed by atoms with Crippen molar-refractivity contribution in [3.05, 3.63) is 59.7 Å². The third-order valence-corrected chi connectivity index (χ3v) is 5.24. The molecule has 7 heteroatoms. The smallest absolute Gasteiger partial charge is 0.221 e. The molecule has 0 bridgehead atoms. The lowest BCUT2D eigenvalue weighted by atomic mass is 10.1. The molecule has 0 fully saturated rings. The minimum atomic E-state index is -0.137. The number of hydrogen-bond acceptors (Lipinski definition) is 4. The Kier molecular flexibility index (Phi) is 10.5. The average Bonchev–Trinajstić information content (AvgIpc) is 2.80. The van der Waals surface area contributed by atoms with E-state index in [1.807, 2.05) is 24.3 Å². The lowest BCUT2D eigenvalue weighted by molar-refractivity contribution is -0.114. The van der Waals surface area contributed by atoms with E-state index in [0.717, 1.165) is 37.7 Å². The van der Waals surface area contributed by atoms with Crippen LogP contribution in [0, 0.1) is 0 Å². The van der Waals surface area contributed by atoms with E-state index in [1.165, 1.54) is 12.5 Å². The van der Waals surface area contributed by atoms with Crippen LogP contribution in [0.25, 0.3) is 0 Å². The molecule has 0 spiro atoms. The molecule has 7 nitrogen and oxygen atoms in total. The van der Waals surface area contributed by atoms with Gasteiger partial charge in [0, 0.05) is 20.0 Å². The van der Waals surface area contributed by atoms with Crippen molar-refractivity contribution in [2.75, 3.05) is 38.6 Å². The van der Waals surface area contributed by atoms with Crippen LogP contribution in [-0.4, -0.2) is 50.1 Å². The van der Waals surface area contributed by atoms with E-state index >= 15 is 0 Å². The number of carbonyl (C=O) groups excluding carboxylic acids is 1. The molecule has 2 aromatic carbocycles. The largest absolute Gasteiger partial charge is 0.495 e. The van der Waals surface area contributed by atoms with Crippen molar-refractivity contribution in [1.82, 2.24) is 15.5 Å². The van der Waals surface area contributed by atoms with E-state index in [2.05, 4.69) is 65.9 Å². The topological polar surface area (TPSA) is 78.0 Å². The Labute approximate surface area is 192 Å². The first kappa shape index (κ1) is 25.2. The predicted octanol–water partition coefficient (Wildman–Crippen LogP) is 3.79. The van der Waals surface area contributed by atoms with Crippen LogP contribution in [0.1, 0.15) is 44.9 Å². The zero-order valence-electron chi connectivity index (χ0n) is 19.9. The van der Waals surface area contributed by atoms with Crippen molar-refractivity contribution < 1.29 is 9.53 Å². The van der Waals surface area contributed by atoms with Crippen LogP contribution in [-0.2, 0) is 11.3 Å². The summed E-state index contributed by atoms with van der Waals surface area (Å²) >= 11 is 0. The van der Waals surface area contributed by atoms with Crippen LogP contribution in [0.4, 0.5) is 5.69 Å². The first-order valence-corrected chi connectivity index (χ1v) is 11.3. The highest BCUT2D eigenvalue weighted by Gasteiger charge is 2.18. The number of guanidine groups is 1. The van der Waals surface area contributed by atoms with E-state index in [1.54, 1.807) is 7.11 Å². The summed E-state index contributed by atoms with van der Waals surface area (Å²) in [4.78, 5) is 18.7. The number of ether oxygens (including phenoxy) is 1. The van der Waals surface area contributed by atoms with Gasteiger partial charge in [0.15, 0.2) is 5.96 Å². The Bertz CT molecular complexity index is 866. The quantitative estimate of drug-likeness (QED) is 0.367. The average molecular weight is 440 g/mol. The summed E-state index contributed by atoms with van der Waals surface area (Å²) in [6.07, 6.45) is 0. The summed E-state index contributed by atoms with van der Waals surface area (Å²) in [7, 11) is 1.59. The third kappa shape index (κ3) is 7.57. The fraction of sp³-hybridized carbons (Fsp3) is 0.440. The number of benzene rings is 2. The Morgan fingerprint density at radius 1 is 1.06 bits per heavy atom. The standard InChI is InChI=1S/C25H37N5O2/c1-6-26-25(27-17-20-14-15-24(32-5)22(16-20)29-19(4)31)28-18-23(30(7-2)8-3)21-12-10-9-11-13-21/h9-16,23H,6-8,17-18H2,1-5H3,(H,29,31)(H2,26,27,28). The van der Waals surface area contributed by atoms with Crippen molar-refractivity contribution in [2.24, 2.45) is 4.99 Å². The Balaban J connectivity index is 2.15. The first-order chi connectivity index (χ1) is 15.5. The number of anilines is 1. The second-order valence-corrected chi connectivity index (χ2v) is 7.44. The summed E-state index contributed by atoms with van der Waals surface area (Å²) < 4.78 is 5.34. The van der Waals surface area contributed by atoms with E-state index in [9.17, 15) is 4.79 Å². The highest BCUT2D eigenvalue weighted by atomic mass is 16.5. The highest BCUT2D eigenvalue weighted by molar-refractivity contribution is 5.90. The van der Waals surface area contributed by atoms with Gasteiger partial charge in [0.25, 0.3) is 0 Å². The van der Waals surface area contributed by atoms with Crippen LogP contribution in [0.3, 0.4) is 0 Å². The maximum Gasteiger partial charge on any atom is 0.221 e. The highest BCUT2D eigenvalue weighted by Crippen LogP contribution is 2.26. The van der Waals surface area contributed by atoms with Gasteiger partial charge in [-0.05, 0) is 43.3 Å². The van der Waals surface area contributed by atoms with Gasteiger partial charge in [0.05, 0.1) is 25.4 Å². The van der Waals surface area contributed by atoms with Crippen molar-refractivity contribution >= 4 is 17.6 Å². The third-order valence-electron chi connectivity index (χ3n) is 5.24. The van der Waals surface area contributed by atoms with Crippen LogP contribution >= 0.6 is 0 Å². The number of nitrogens with zero attached hydrogens (tertiary/aromatic N) is 2. The fourth-order valence-corrected chi connectivity index (χ4v) is 3.64. The Morgan fingerprint density at radius 3 is 2.38 bits per heavy atom. The molecule has 2 aromatic rings. The number of carbonyl (C=O) groups is 1. The molecule has 174 valence electrons. The molecule has 1 amide bonds. The van der Waals surface area contributed by atoms with Gasteiger partial charge in [-0.1, -0.05) is 50.2 Å². The molecule has 2 rings (SSSR count). The number of aliphatic imine (C=N–C) groups is 1. The molecule has 0 heterocycles. The number of methoxy groups -OCH3 is 1. The number of likely N-dealkylation sites (N-methyl/N-ethyl adjacent to an activating group) is 1. The van der Waals surface area contributed by atoms with Gasteiger partial charge in [-0.15, -0.1) is 0 Å². The lowest BCUT2D eigenvalue weighted by Crippen LogP contribution is -2.43. The molecule has 32 heavy (non-hydrogen) atoms.